The maximum absolute atomic E-state index is 10.5. The van der Waals surface area contributed by atoms with Gasteiger partial charge in [0.25, 0.3) is 0 Å². The van der Waals surface area contributed by atoms with Crippen LogP contribution < -0.4 is 0 Å². The van der Waals surface area contributed by atoms with Gasteiger partial charge < -0.3 is 25.5 Å². The van der Waals surface area contributed by atoms with Crippen LogP contribution in [0.15, 0.2) is 0 Å². The highest BCUT2D eigenvalue weighted by molar-refractivity contribution is 5.66. The Morgan fingerprint density at radius 2 is 0.524 bits per heavy atom. The predicted molar refractivity (Wildman–Crippen MR) is 172 cm³/mol. The van der Waals surface area contributed by atoms with E-state index in [0.29, 0.717) is 25.7 Å². The second-order valence-electron chi connectivity index (χ2n) is 12.7. The number of carbonyl (C=O) groups is 2. The van der Waals surface area contributed by atoms with Gasteiger partial charge in [0.05, 0.1) is 12.2 Å². The SMILES string of the molecule is O=C(O)CCCCCCCCCCCCCCCC(O)C(O)C(O)CCCCCCCCCCCCCCCC(=O)O. The van der Waals surface area contributed by atoms with Gasteiger partial charge in [-0.2, -0.15) is 0 Å². The molecule has 0 aromatic heterocycles. The van der Waals surface area contributed by atoms with Gasteiger partial charge in [-0.3, -0.25) is 9.59 Å². The van der Waals surface area contributed by atoms with Gasteiger partial charge in [-0.05, 0) is 25.7 Å². The molecule has 7 heteroatoms. The fourth-order valence-corrected chi connectivity index (χ4v) is 5.75. The van der Waals surface area contributed by atoms with Crippen LogP contribution in [0.1, 0.15) is 193 Å². The topological polar surface area (TPSA) is 135 Å². The summed E-state index contributed by atoms with van der Waals surface area (Å²) in [5.41, 5.74) is 0. The van der Waals surface area contributed by atoms with Crippen molar-refractivity contribution in [2.45, 2.75) is 211 Å². The first-order valence-corrected chi connectivity index (χ1v) is 17.8. The van der Waals surface area contributed by atoms with Crippen molar-refractivity contribution >= 4 is 11.9 Å². The van der Waals surface area contributed by atoms with Crippen molar-refractivity contribution < 1.29 is 35.1 Å². The molecule has 0 saturated carbocycles. The lowest BCUT2D eigenvalue weighted by molar-refractivity contribution is -0.138. The van der Waals surface area contributed by atoms with Crippen LogP contribution in [0.3, 0.4) is 0 Å². The summed E-state index contributed by atoms with van der Waals surface area (Å²) in [6.45, 7) is 0. The Labute approximate surface area is 257 Å². The standard InChI is InChI=1S/C35H68O7/c36-31(27-23-19-15-11-7-3-1-5-9-13-17-21-25-29-33(38)39)35(42)32(37)28-24-20-16-12-8-4-2-6-10-14-18-22-26-30-34(40)41/h31-32,35-37,42H,1-30H2,(H,38,39)(H,40,41). The van der Waals surface area contributed by atoms with E-state index in [-0.39, 0.29) is 0 Å². The van der Waals surface area contributed by atoms with Gasteiger partial charge in [0.2, 0.25) is 0 Å². The minimum Gasteiger partial charge on any atom is -0.481 e. The molecule has 0 aliphatic carbocycles. The zero-order chi connectivity index (χ0) is 31.1. The molecule has 2 atom stereocenters. The number of aliphatic carboxylic acids is 2. The largest absolute Gasteiger partial charge is 0.481 e. The van der Waals surface area contributed by atoms with Crippen molar-refractivity contribution in [2.75, 3.05) is 0 Å². The Morgan fingerprint density at radius 1 is 0.333 bits per heavy atom. The van der Waals surface area contributed by atoms with Gasteiger partial charge in [-0.25, -0.2) is 0 Å². The van der Waals surface area contributed by atoms with Gasteiger partial charge in [-0.1, -0.05) is 154 Å². The van der Waals surface area contributed by atoms with Gasteiger partial charge >= 0.3 is 11.9 Å². The molecule has 7 nitrogen and oxygen atoms in total. The summed E-state index contributed by atoms with van der Waals surface area (Å²) in [7, 11) is 0. The summed E-state index contributed by atoms with van der Waals surface area (Å²) in [6, 6.07) is 0. The Bertz CT molecular complexity index is 548. The van der Waals surface area contributed by atoms with Gasteiger partial charge in [0, 0.05) is 12.8 Å². The number of unbranched alkanes of at least 4 members (excludes halogenated alkanes) is 24. The number of aliphatic hydroxyl groups is 3. The monoisotopic (exact) mass is 600 g/mol. The van der Waals surface area contributed by atoms with E-state index >= 15 is 0 Å². The van der Waals surface area contributed by atoms with Crippen molar-refractivity contribution in [2.24, 2.45) is 0 Å². The highest BCUT2D eigenvalue weighted by Gasteiger charge is 2.23. The molecule has 0 amide bonds. The Balaban J connectivity index is 3.41. The van der Waals surface area contributed by atoms with E-state index in [1.807, 2.05) is 0 Å². The zero-order valence-electron chi connectivity index (χ0n) is 27.0. The van der Waals surface area contributed by atoms with E-state index in [1.54, 1.807) is 0 Å². The molecule has 250 valence electrons. The molecular formula is C35H68O7. The van der Waals surface area contributed by atoms with Crippen LogP contribution >= 0.6 is 0 Å². The van der Waals surface area contributed by atoms with Gasteiger partial charge in [0.1, 0.15) is 6.10 Å². The van der Waals surface area contributed by atoms with Crippen LogP contribution in [0.5, 0.6) is 0 Å². The van der Waals surface area contributed by atoms with Crippen molar-refractivity contribution in [1.82, 2.24) is 0 Å². The average molecular weight is 601 g/mol. The quantitative estimate of drug-likeness (QED) is 0.0465. The Kier molecular flexibility index (Phi) is 30.4. The predicted octanol–water partition coefficient (Wildman–Crippen LogP) is 8.94. The number of hydrogen-bond acceptors (Lipinski definition) is 5. The number of hydrogen-bond donors (Lipinski definition) is 5. The molecule has 2 unspecified atom stereocenters. The summed E-state index contributed by atoms with van der Waals surface area (Å²) in [4.78, 5) is 21.0. The molecule has 0 aliphatic heterocycles. The molecule has 0 spiro atoms. The summed E-state index contributed by atoms with van der Waals surface area (Å²) in [5.74, 6) is -1.38. The molecule has 0 radical (unpaired) electrons. The van der Waals surface area contributed by atoms with Gasteiger partial charge in [-0.15, -0.1) is 0 Å². The van der Waals surface area contributed by atoms with Crippen LogP contribution in [0, 0.1) is 0 Å². The maximum atomic E-state index is 10.5. The van der Waals surface area contributed by atoms with E-state index in [0.717, 1.165) is 77.0 Å². The maximum Gasteiger partial charge on any atom is 0.303 e. The Morgan fingerprint density at radius 3 is 0.738 bits per heavy atom. The number of carboxylic acids is 2. The number of rotatable bonds is 34. The van der Waals surface area contributed by atoms with Crippen LogP contribution in [0.2, 0.25) is 0 Å². The number of carboxylic acid groups (broad SMARTS) is 2. The molecule has 0 rings (SSSR count). The van der Waals surface area contributed by atoms with Crippen LogP contribution in [-0.4, -0.2) is 55.8 Å². The van der Waals surface area contributed by atoms with Crippen molar-refractivity contribution in [1.29, 1.82) is 0 Å². The minimum atomic E-state index is -1.04. The lowest BCUT2D eigenvalue weighted by Gasteiger charge is -2.23. The normalized spacial score (nSPS) is 13.7. The molecule has 0 aromatic rings. The molecular weight excluding hydrogens is 532 g/mol. The molecule has 0 aromatic carbocycles. The lowest BCUT2D eigenvalue weighted by Crippen LogP contribution is -2.37. The zero-order valence-corrected chi connectivity index (χ0v) is 27.0. The molecule has 0 bridgehead atoms. The second-order valence-corrected chi connectivity index (χ2v) is 12.7. The fraction of sp³-hybridized carbons (Fsp3) is 0.943. The van der Waals surface area contributed by atoms with Crippen LogP contribution in [-0.2, 0) is 9.59 Å². The number of aliphatic hydroxyl groups excluding tert-OH is 3. The summed E-state index contributed by atoms with van der Waals surface area (Å²) in [6.07, 6.45) is 28.7. The van der Waals surface area contributed by atoms with E-state index in [9.17, 15) is 24.9 Å². The first kappa shape index (κ1) is 40.8. The minimum absolute atomic E-state index is 0.299. The van der Waals surface area contributed by atoms with E-state index in [1.165, 1.54) is 89.9 Å². The first-order valence-electron chi connectivity index (χ1n) is 17.8. The highest BCUT2D eigenvalue weighted by atomic mass is 16.4. The molecule has 0 aliphatic rings. The second kappa shape index (κ2) is 31.3. The van der Waals surface area contributed by atoms with Crippen LogP contribution in [0.25, 0.3) is 0 Å². The third-order valence-electron chi connectivity index (χ3n) is 8.57. The van der Waals surface area contributed by atoms with E-state index in [2.05, 4.69) is 0 Å². The third-order valence-corrected chi connectivity index (χ3v) is 8.57. The molecule has 5 N–H and O–H groups in total. The van der Waals surface area contributed by atoms with E-state index < -0.39 is 30.3 Å². The first-order chi connectivity index (χ1) is 20.3. The smallest absolute Gasteiger partial charge is 0.303 e. The summed E-state index contributed by atoms with van der Waals surface area (Å²) in [5, 5.41) is 48.1. The summed E-state index contributed by atoms with van der Waals surface area (Å²) < 4.78 is 0. The lowest BCUT2D eigenvalue weighted by atomic mass is 9.97. The van der Waals surface area contributed by atoms with Crippen molar-refractivity contribution in [3.8, 4) is 0 Å². The highest BCUT2D eigenvalue weighted by Crippen LogP contribution is 2.18. The fourth-order valence-electron chi connectivity index (χ4n) is 5.75. The molecule has 0 fully saturated rings. The van der Waals surface area contributed by atoms with Gasteiger partial charge in [0.15, 0.2) is 0 Å². The Hall–Kier alpha value is -1.18. The molecule has 0 heterocycles. The summed E-state index contributed by atoms with van der Waals surface area (Å²) >= 11 is 0. The average Bonchev–Trinajstić information content (AvgIpc) is 2.96. The van der Waals surface area contributed by atoms with Crippen molar-refractivity contribution in [3.63, 3.8) is 0 Å². The third kappa shape index (κ3) is 30.3. The van der Waals surface area contributed by atoms with Crippen LogP contribution in [0.4, 0.5) is 0 Å². The molecule has 42 heavy (non-hydrogen) atoms. The molecule has 0 saturated heterocycles. The van der Waals surface area contributed by atoms with E-state index in [4.69, 9.17) is 10.2 Å². The van der Waals surface area contributed by atoms with Crippen molar-refractivity contribution in [3.05, 3.63) is 0 Å².